The summed E-state index contributed by atoms with van der Waals surface area (Å²) in [5, 5.41) is 15.8. The third-order valence-corrected chi connectivity index (χ3v) is 3.99. The first-order chi connectivity index (χ1) is 10.1. The predicted molar refractivity (Wildman–Crippen MR) is 88.9 cm³/mol. The second-order valence-corrected chi connectivity index (χ2v) is 5.44. The van der Waals surface area contributed by atoms with Gasteiger partial charge in [0.25, 0.3) is 0 Å². The number of anilines is 1. The lowest BCUT2D eigenvalue weighted by Crippen LogP contribution is -2.01. The summed E-state index contributed by atoms with van der Waals surface area (Å²) in [7, 11) is 0. The Labute approximate surface area is 125 Å². The Hall–Kier alpha value is -2.48. The van der Waals surface area contributed by atoms with Gasteiger partial charge in [0, 0.05) is 17.8 Å². The predicted octanol–water partition coefficient (Wildman–Crippen LogP) is 4.77. The fraction of sp³-hybridized carbons (Fsp3) is 0.158. The highest BCUT2D eigenvalue weighted by Gasteiger charge is 2.06. The average molecular weight is 277 g/mol. The van der Waals surface area contributed by atoms with Crippen molar-refractivity contribution in [2.45, 2.75) is 20.4 Å². The van der Waals surface area contributed by atoms with Crippen LogP contribution in [0.1, 0.15) is 16.7 Å². The van der Waals surface area contributed by atoms with Gasteiger partial charge in [-0.3, -0.25) is 0 Å². The molecule has 2 heteroatoms. The van der Waals surface area contributed by atoms with E-state index in [-0.39, 0.29) is 0 Å². The quantitative estimate of drug-likeness (QED) is 0.722. The smallest absolute Gasteiger partial charge is 0.121 e. The minimum Gasteiger partial charge on any atom is -0.508 e. The van der Waals surface area contributed by atoms with Crippen LogP contribution in [0, 0.1) is 13.8 Å². The molecular weight excluding hydrogens is 258 g/mol. The summed E-state index contributed by atoms with van der Waals surface area (Å²) in [5.41, 5.74) is 4.56. The summed E-state index contributed by atoms with van der Waals surface area (Å²) in [6.07, 6.45) is 0. The molecule has 0 radical (unpaired) electrons. The van der Waals surface area contributed by atoms with Crippen molar-refractivity contribution in [1.82, 2.24) is 0 Å². The van der Waals surface area contributed by atoms with E-state index in [0.29, 0.717) is 12.3 Å². The van der Waals surface area contributed by atoms with E-state index in [1.807, 2.05) is 24.3 Å². The third kappa shape index (κ3) is 2.70. The van der Waals surface area contributed by atoms with Crippen molar-refractivity contribution in [3.05, 3.63) is 71.3 Å². The van der Waals surface area contributed by atoms with Gasteiger partial charge in [-0.05, 0) is 53.9 Å². The van der Waals surface area contributed by atoms with Crippen LogP contribution >= 0.6 is 0 Å². The van der Waals surface area contributed by atoms with E-state index in [0.717, 1.165) is 22.0 Å². The van der Waals surface area contributed by atoms with Gasteiger partial charge in [0.2, 0.25) is 0 Å². The number of hydrogen-bond acceptors (Lipinski definition) is 2. The van der Waals surface area contributed by atoms with Gasteiger partial charge in [-0.2, -0.15) is 0 Å². The number of phenolic OH excluding ortho intramolecular Hbond substituents is 1. The lowest BCUT2D eigenvalue weighted by atomic mass is 10.0. The van der Waals surface area contributed by atoms with Crippen molar-refractivity contribution in [2.24, 2.45) is 0 Å². The number of fused-ring (bicyclic) bond motifs is 1. The monoisotopic (exact) mass is 277 g/mol. The van der Waals surface area contributed by atoms with Gasteiger partial charge < -0.3 is 10.4 Å². The van der Waals surface area contributed by atoms with Crippen LogP contribution in [0.25, 0.3) is 10.8 Å². The zero-order chi connectivity index (χ0) is 14.8. The first kappa shape index (κ1) is 13.5. The van der Waals surface area contributed by atoms with E-state index < -0.39 is 0 Å². The molecule has 0 aliphatic heterocycles. The number of aromatic hydroxyl groups is 1. The molecule has 2 N–H and O–H groups in total. The molecule has 0 heterocycles. The highest BCUT2D eigenvalue weighted by atomic mass is 16.3. The normalized spacial score (nSPS) is 10.8. The average Bonchev–Trinajstić information content (AvgIpc) is 2.50. The van der Waals surface area contributed by atoms with Crippen molar-refractivity contribution >= 4 is 16.5 Å². The number of hydrogen-bond donors (Lipinski definition) is 2. The molecule has 0 amide bonds. The number of aryl methyl sites for hydroxylation is 2. The van der Waals surface area contributed by atoms with E-state index in [9.17, 15) is 5.11 Å². The van der Waals surface area contributed by atoms with Gasteiger partial charge in [-0.15, -0.1) is 0 Å². The summed E-state index contributed by atoms with van der Waals surface area (Å²) in [5.74, 6) is 0.338. The second kappa shape index (κ2) is 5.49. The lowest BCUT2D eigenvalue weighted by molar-refractivity contribution is 0.470. The van der Waals surface area contributed by atoms with Gasteiger partial charge in [-0.25, -0.2) is 0 Å². The fourth-order valence-corrected chi connectivity index (χ4v) is 2.55. The Morgan fingerprint density at radius 1 is 0.905 bits per heavy atom. The molecule has 3 aromatic rings. The Balaban J connectivity index is 1.91. The molecule has 0 atom stereocenters. The maximum Gasteiger partial charge on any atom is 0.121 e. The number of benzene rings is 3. The molecule has 0 saturated heterocycles. The number of nitrogens with one attached hydrogen (secondary N) is 1. The highest BCUT2D eigenvalue weighted by Crippen LogP contribution is 2.28. The number of rotatable bonds is 3. The van der Waals surface area contributed by atoms with Crippen molar-refractivity contribution < 1.29 is 5.11 Å². The molecule has 0 aromatic heterocycles. The summed E-state index contributed by atoms with van der Waals surface area (Å²) in [6, 6.07) is 18.2. The van der Waals surface area contributed by atoms with E-state index in [1.165, 1.54) is 11.1 Å². The molecule has 2 nitrogen and oxygen atoms in total. The molecule has 0 unspecified atom stereocenters. The molecule has 0 saturated carbocycles. The van der Waals surface area contributed by atoms with Crippen molar-refractivity contribution in [3.63, 3.8) is 0 Å². The van der Waals surface area contributed by atoms with E-state index >= 15 is 0 Å². The molecule has 0 fully saturated rings. The van der Waals surface area contributed by atoms with Crippen molar-refractivity contribution in [3.8, 4) is 5.75 Å². The van der Waals surface area contributed by atoms with Crippen molar-refractivity contribution in [1.29, 1.82) is 0 Å². The van der Waals surface area contributed by atoms with Crippen LogP contribution in [-0.2, 0) is 6.54 Å². The summed E-state index contributed by atoms with van der Waals surface area (Å²) < 4.78 is 0. The molecule has 21 heavy (non-hydrogen) atoms. The maximum absolute atomic E-state index is 10.1. The summed E-state index contributed by atoms with van der Waals surface area (Å²) in [4.78, 5) is 0. The van der Waals surface area contributed by atoms with Gasteiger partial charge in [0.1, 0.15) is 5.75 Å². The molecule has 0 aliphatic carbocycles. The Morgan fingerprint density at radius 3 is 2.52 bits per heavy atom. The third-order valence-electron chi connectivity index (χ3n) is 3.99. The Bertz CT molecular complexity index is 793. The van der Waals surface area contributed by atoms with Crippen LogP contribution in [0.4, 0.5) is 5.69 Å². The zero-order valence-electron chi connectivity index (χ0n) is 12.4. The SMILES string of the molecule is Cc1ccc(NCc2c(O)ccc3ccccc23)cc1C. The number of phenols is 1. The minimum atomic E-state index is 0.338. The molecule has 0 bridgehead atoms. The van der Waals surface area contributed by atoms with Crippen LogP contribution in [0.5, 0.6) is 5.75 Å². The van der Waals surface area contributed by atoms with Crippen LogP contribution in [0.3, 0.4) is 0 Å². The van der Waals surface area contributed by atoms with Gasteiger partial charge in [0.05, 0.1) is 0 Å². The molecule has 3 rings (SSSR count). The standard InChI is InChI=1S/C19H19NO/c1-13-7-9-16(11-14(13)2)20-12-18-17-6-4-3-5-15(17)8-10-19(18)21/h3-11,20-21H,12H2,1-2H3. The molecular formula is C19H19NO. The molecule has 3 aromatic carbocycles. The van der Waals surface area contributed by atoms with Crippen LogP contribution < -0.4 is 5.32 Å². The van der Waals surface area contributed by atoms with Crippen LogP contribution in [0.15, 0.2) is 54.6 Å². The van der Waals surface area contributed by atoms with Crippen LogP contribution in [0.2, 0.25) is 0 Å². The topological polar surface area (TPSA) is 32.3 Å². The fourth-order valence-electron chi connectivity index (χ4n) is 2.55. The van der Waals surface area contributed by atoms with Gasteiger partial charge in [0.15, 0.2) is 0 Å². The van der Waals surface area contributed by atoms with E-state index in [4.69, 9.17) is 0 Å². The van der Waals surface area contributed by atoms with E-state index in [1.54, 1.807) is 6.07 Å². The lowest BCUT2D eigenvalue weighted by Gasteiger charge is -2.12. The van der Waals surface area contributed by atoms with Crippen molar-refractivity contribution in [2.75, 3.05) is 5.32 Å². The molecule has 106 valence electrons. The van der Waals surface area contributed by atoms with E-state index in [2.05, 4.69) is 43.4 Å². The van der Waals surface area contributed by atoms with Crippen LogP contribution in [-0.4, -0.2) is 5.11 Å². The Morgan fingerprint density at radius 2 is 1.71 bits per heavy atom. The summed E-state index contributed by atoms with van der Waals surface area (Å²) in [6.45, 7) is 4.82. The van der Waals surface area contributed by atoms with Gasteiger partial charge >= 0.3 is 0 Å². The molecule has 0 aliphatic rings. The first-order valence-corrected chi connectivity index (χ1v) is 7.16. The summed E-state index contributed by atoms with van der Waals surface area (Å²) >= 11 is 0. The second-order valence-electron chi connectivity index (χ2n) is 5.44. The zero-order valence-corrected chi connectivity index (χ0v) is 12.4. The molecule has 0 spiro atoms. The first-order valence-electron chi connectivity index (χ1n) is 7.16. The maximum atomic E-state index is 10.1. The van der Waals surface area contributed by atoms with Gasteiger partial charge in [-0.1, -0.05) is 36.4 Å². The highest BCUT2D eigenvalue weighted by molar-refractivity contribution is 5.87. The largest absolute Gasteiger partial charge is 0.508 e. The minimum absolute atomic E-state index is 0.338. The Kier molecular flexibility index (Phi) is 3.53.